The summed E-state index contributed by atoms with van der Waals surface area (Å²) >= 11 is 0. The third-order valence-electron chi connectivity index (χ3n) is 8.75. The summed E-state index contributed by atoms with van der Waals surface area (Å²) < 4.78 is 32.7. The van der Waals surface area contributed by atoms with E-state index in [4.69, 9.17) is 24.3 Å². The van der Waals surface area contributed by atoms with Gasteiger partial charge in [0.1, 0.15) is 6.61 Å². The molecule has 0 aliphatic carbocycles. The Morgan fingerprint density at radius 2 is 0.930 bits per heavy atom. The third-order valence-corrected chi connectivity index (χ3v) is 9.74. The van der Waals surface area contributed by atoms with E-state index in [1.165, 1.54) is 64.2 Å². The fourth-order valence-corrected chi connectivity index (χ4v) is 6.22. The number of nitrogens with two attached hydrogens (primary N) is 1. The molecule has 0 saturated carbocycles. The highest BCUT2D eigenvalue weighted by atomic mass is 31.2. The average molecular weight is 818 g/mol. The molecule has 0 aliphatic heterocycles. The third kappa shape index (κ3) is 42.6. The average Bonchev–Trinajstić information content (AvgIpc) is 3.20. The zero-order valence-electron chi connectivity index (χ0n) is 35.8. The van der Waals surface area contributed by atoms with E-state index in [0.717, 1.165) is 64.2 Å². The molecule has 9 nitrogen and oxygen atoms in total. The molecule has 0 bridgehead atoms. The van der Waals surface area contributed by atoms with E-state index in [2.05, 4.69) is 98.9 Å². The highest BCUT2D eigenvalue weighted by Gasteiger charge is 2.25. The van der Waals surface area contributed by atoms with E-state index >= 15 is 0 Å². The van der Waals surface area contributed by atoms with Crippen LogP contribution in [0.3, 0.4) is 0 Å². The van der Waals surface area contributed by atoms with Crippen LogP contribution in [0.1, 0.15) is 168 Å². The Balaban J connectivity index is 4.32. The number of phosphoric ester groups is 1. The molecule has 0 radical (unpaired) electrons. The van der Waals surface area contributed by atoms with Crippen molar-refractivity contribution in [3.8, 4) is 0 Å². The van der Waals surface area contributed by atoms with Gasteiger partial charge < -0.3 is 20.1 Å². The zero-order valence-corrected chi connectivity index (χ0v) is 36.7. The van der Waals surface area contributed by atoms with Crippen LogP contribution in [0.5, 0.6) is 0 Å². The van der Waals surface area contributed by atoms with E-state index in [9.17, 15) is 19.0 Å². The summed E-state index contributed by atoms with van der Waals surface area (Å²) in [6.07, 6.45) is 53.3. The number of rotatable bonds is 40. The molecule has 0 amide bonds. The number of hydrogen-bond acceptors (Lipinski definition) is 8. The standard InChI is InChI=1S/C47H80NO8P/c1-3-5-7-9-11-13-15-17-19-21-22-24-26-28-30-32-34-36-38-40-47(50)56-45(44-55-57(51,52)54-42-41-48)43-53-46(49)39-37-35-33-31-29-27-25-23-20-18-16-14-12-10-8-6-4-2/h11,13,17-20,22,24-25,27-28,30-31,33,45H,3-10,12,14-16,21,23,26,29,32,34-44,48H2,1-2H3,(H,51,52)/t45-/m1/s1. The highest BCUT2D eigenvalue weighted by molar-refractivity contribution is 7.47. The lowest BCUT2D eigenvalue weighted by atomic mass is 10.1. The number of carbonyl (C=O) groups is 2. The number of allylic oxidation sites excluding steroid dienone is 14. The van der Waals surface area contributed by atoms with Gasteiger partial charge in [0.25, 0.3) is 0 Å². The van der Waals surface area contributed by atoms with Crippen molar-refractivity contribution in [2.75, 3.05) is 26.4 Å². The molecule has 57 heavy (non-hydrogen) atoms. The van der Waals surface area contributed by atoms with E-state index in [0.29, 0.717) is 12.8 Å². The predicted molar refractivity (Wildman–Crippen MR) is 238 cm³/mol. The van der Waals surface area contributed by atoms with Crippen molar-refractivity contribution in [3.63, 3.8) is 0 Å². The van der Waals surface area contributed by atoms with E-state index in [-0.39, 0.29) is 32.6 Å². The molecule has 0 heterocycles. The van der Waals surface area contributed by atoms with Gasteiger partial charge in [-0.05, 0) is 89.9 Å². The molecule has 1 unspecified atom stereocenters. The normalized spacial score (nSPS) is 14.1. The second kappa shape index (κ2) is 42.8. The molecule has 326 valence electrons. The van der Waals surface area contributed by atoms with Crippen molar-refractivity contribution >= 4 is 19.8 Å². The van der Waals surface area contributed by atoms with Gasteiger partial charge in [-0.1, -0.05) is 150 Å². The van der Waals surface area contributed by atoms with Crippen molar-refractivity contribution in [2.24, 2.45) is 5.73 Å². The van der Waals surface area contributed by atoms with E-state index in [1.807, 2.05) is 0 Å². The molecule has 0 saturated heterocycles. The van der Waals surface area contributed by atoms with Crippen molar-refractivity contribution < 1.29 is 37.6 Å². The molecular weight excluding hydrogens is 737 g/mol. The summed E-state index contributed by atoms with van der Waals surface area (Å²) in [6.45, 7) is 3.58. The van der Waals surface area contributed by atoms with Crippen LogP contribution in [0.4, 0.5) is 0 Å². The number of carbonyl (C=O) groups excluding carboxylic acids is 2. The lowest BCUT2D eigenvalue weighted by Gasteiger charge is -2.19. The zero-order chi connectivity index (χ0) is 41.8. The molecule has 0 aromatic rings. The lowest BCUT2D eigenvalue weighted by Crippen LogP contribution is -2.29. The molecule has 3 N–H and O–H groups in total. The lowest BCUT2D eigenvalue weighted by molar-refractivity contribution is -0.161. The molecule has 0 rings (SSSR count). The molecule has 0 fully saturated rings. The van der Waals surface area contributed by atoms with Gasteiger partial charge in [0.15, 0.2) is 6.10 Å². The first-order chi connectivity index (χ1) is 27.8. The minimum atomic E-state index is -4.40. The highest BCUT2D eigenvalue weighted by Crippen LogP contribution is 2.43. The molecule has 0 aliphatic rings. The maximum atomic E-state index is 12.6. The summed E-state index contributed by atoms with van der Waals surface area (Å²) in [5, 5.41) is 0. The van der Waals surface area contributed by atoms with Gasteiger partial charge in [-0.25, -0.2) is 4.57 Å². The van der Waals surface area contributed by atoms with Crippen molar-refractivity contribution in [1.82, 2.24) is 0 Å². The quantitative estimate of drug-likeness (QED) is 0.0268. The van der Waals surface area contributed by atoms with Crippen LogP contribution in [0, 0.1) is 0 Å². The first kappa shape index (κ1) is 54.2. The monoisotopic (exact) mass is 818 g/mol. The fraction of sp³-hybridized carbons (Fsp3) is 0.660. The van der Waals surface area contributed by atoms with Crippen LogP contribution < -0.4 is 5.73 Å². The van der Waals surface area contributed by atoms with Gasteiger partial charge >= 0.3 is 19.8 Å². The van der Waals surface area contributed by atoms with Crippen LogP contribution in [-0.2, 0) is 32.7 Å². The minimum absolute atomic E-state index is 0.0369. The van der Waals surface area contributed by atoms with Crippen molar-refractivity contribution in [2.45, 2.75) is 174 Å². The predicted octanol–water partition coefficient (Wildman–Crippen LogP) is 12.8. The van der Waals surface area contributed by atoms with Crippen LogP contribution in [-0.4, -0.2) is 49.3 Å². The minimum Gasteiger partial charge on any atom is -0.462 e. The summed E-state index contributed by atoms with van der Waals surface area (Å²) in [4.78, 5) is 34.9. The summed E-state index contributed by atoms with van der Waals surface area (Å²) in [6, 6.07) is 0. The Morgan fingerprint density at radius 3 is 1.44 bits per heavy atom. The number of ether oxygens (including phenoxy) is 2. The largest absolute Gasteiger partial charge is 0.472 e. The fourth-order valence-electron chi connectivity index (χ4n) is 5.46. The first-order valence-electron chi connectivity index (χ1n) is 22.1. The Hall–Kier alpha value is -2.81. The Bertz CT molecular complexity index is 1210. The SMILES string of the molecule is CCCCCC=CCC=CCC=CCC=CCCCCCC(=O)O[C@H](COC(=O)CCCC=CCC=CCC=CCCCCCCCC)COP(=O)(O)OCCN. The molecule has 0 aromatic carbocycles. The molecule has 0 spiro atoms. The maximum Gasteiger partial charge on any atom is 0.472 e. The van der Waals surface area contributed by atoms with Crippen LogP contribution >= 0.6 is 7.82 Å². The Labute approximate surface area is 347 Å². The van der Waals surface area contributed by atoms with Gasteiger partial charge in [0.2, 0.25) is 0 Å². The van der Waals surface area contributed by atoms with Gasteiger partial charge in [-0.15, -0.1) is 0 Å². The number of hydrogen-bond donors (Lipinski definition) is 2. The summed E-state index contributed by atoms with van der Waals surface area (Å²) in [5.74, 6) is -0.933. The van der Waals surface area contributed by atoms with E-state index < -0.39 is 32.5 Å². The molecule has 10 heteroatoms. The Morgan fingerprint density at radius 1 is 0.526 bits per heavy atom. The van der Waals surface area contributed by atoms with Crippen molar-refractivity contribution in [3.05, 3.63) is 85.1 Å². The second-order valence-electron chi connectivity index (χ2n) is 14.2. The smallest absolute Gasteiger partial charge is 0.462 e. The van der Waals surface area contributed by atoms with Gasteiger partial charge in [0, 0.05) is 19.4 Å². The van der Waals surface area contributed by atoms with Gasteiger partial charge in [-0.3, -0.25) is 18.6 Å². The molecule has 2 atom stereocenters. The maximum absolute atomic E-state index is 12.6. The van der Waals surface area contributed by atoms with Gasteiger partial charge in [-0.2, -0.15) is 0 Å². The number of unbranched alkanes of at least 4 members (excludes halogenated alkanes) is 13. The topological polar surface area (TPSA) is 134 Å². The van der Waals surface area contributed by atoms with Crippen molar-refractivity contribution in [1.29, 1.82) is 0 Å². The number of esters is 2. The van der Waals surface area contributed by atoms with Crippen LogP contribution in [0.2, 0.25) is 0 Å². The molecular formula is C47H80NO8P. The summed E-state index contributed by atoms with van der Waals surface area (Å²) in [5.41, 5.74) is 5.34. The van der Waals surface area contributed by atoms with Crippen LogP contribution in [0.25, 0.3) is 0 Å². The molecule has 0 aromatic heterocycles. The Kier molecular flexibility index (Phi) is 40.7. The first-order valence-corrected chi connectivity index (χ1v) is 23.6. The van der Waals surface area contributed by atoms with Gasteiger partial charge in [0.05, 0.1) is 13.2 Å². The second-order valence-corrected chi connectivity index (χ2v) is 15.7. The van der Waals surface area contributed by atoms with Crippen LogP contribution in [0.15, 0.2) is 85.1 Å². The summed E-state index contributed by atoms with van der Waals surface area (Å²) in [7, 11) is -4.40. The number of phosphoric acid groups is 1. The van der Waals surface area contributed by atoms with E-state index in [1.54, 1.807) is 0 Å².